The van der Waals surface area contributed by atoms with Crippen molar-refractivity contribution >= 4 is 16.9 Å². The van der Waals surface area contributed by atoms with E-state index in [1.807, 2.05) is 24.0 Å². The van der Waals surface area contributed by atoms with Crippen LogP contribution in [0.2, 0.25) is 0 Å². The van der Waals surface area contributed by atoms with E-state index in [2.05, 4.69) is 0 Å². The smallest absolute Gasteiger partial charge is 0.336 e. The van der Waals surface area contributed by atoms with Crippen molar-refractivity contribution in [3.8, 4) is 5.75 Å². The quantitative estimate of drug-likeness (QED) is 0.770. The van der Waals surface area contributed by atoms with Crippen LogP contribution < -0.4 is 10.4 Å². The molecule has 2 aromatic rings. The number of benzene rings is 1. The van der Waals surface area contributed by atoms with Gasteiger partial charge in [0.2, 0.25) is 0 Å². The van der Waals surface area contributed by atoms with Gasteiger partial charge in [-0.3, -0.25) is 4.79 Å². The van der Waals surface area contributed by atoms with Crippen LogP contribution in [0.3, 0.4) is 0 Å². The van der Waals surface area contributed by atoms with Crippen molar-refractivity contribution in [1.82, 2.24) is 4.90 Å². The zero-order chi connectivity index (χ0) is 19.0. The van der Waals surface area contributed by atoms with Gasteiger partial charge in [0.15, 0.2) is 6.10 Å². The largest absolute Gasteiger partial charge is 0.481 e. The van der Waals surface area contributed by atoms with Crippen molar-refractivity contribution in [2.75, 3.05) is 13.1 Å². The third-order valence-corrected chi connectivity index (χ3v) is 6.13. The molecule has 2 aliphatic rings. The third-order valence-electron chi connectivity index (χ3n) is 6.13. The lowest BCUT2D eigenvalue weighted by Gasteiger charge is -2.22. The van der Waals surface area contributed by atoms with Crippen LogP contribution in [0.4, 0.5) is 0 Å². The van der Waals surface area contributed by atoms with Crippen molar-refractivity contribution in [3.63, 3.8) is 0 Å². The summed E-state index contributed by atoms with van der Waals surface area (Å²) in [7, 11) is 0. The molecule has 1 aliphatic carbocycles. The van der Waals surface area contributed by atoms with E-state index in [1.165, 1.54) is 31.7 Å². The van der Waals surface area contributed by atoms with E-state index >= 15 is 0 Å². The highest BCUT2D eigenvalue weighted by atomic mass is 16.5. The summed E-state index contributed by atoms with van der Waals surface area (Å²) in [6.07, 6.45) is 5.27. The summed E-state index contributed by atoms with van der Waals surface area (Å²) in [5, 5.41) is 0.909. The number of ether oxygens (including phenoxy) is 1. The number of amides is 1. The van der Waals surface area contributed by atoms with Crippen LogP contribution in [0, 0.1) is 11.8 Å². The second kappa shape index (κ2) is 7.37. The summed E-state index contributed by atoms with van der Waals surface area (Å²) in [5.41, 5.74) is 1.10. The van der Waals surface area contributed by atoms with Crippen LogP contribution in [-0.4, -0.2) is 30.0 Å². The second-order valence-electron chi connectivity index (χ2n) is 7.91. The highest BCUT2D eigenvalue weighted by Gasteiger charge is 2.38. The van der Waals surface area contributed by atoms with Gasteiger partial charge in [0.1, 0.15) is 11.3 Å². The maximum atomic E-state index is 12.8. The normalized spacial score (nSPS) is 23.3. The molecule has 1 saturated carbocycles. The summed E-state index contributed by atoms with van der Waals surface area (Å²) in [6, 6.07) is 6.98. The van der Waals surface area contributed by atoms with Gasteiger partial charge >= 0.3 is 5.63 Å². The van der Waals surface area contributed by atoms with E-state index in [0.29, 0.717) is 23.2 Å². The maximum absolute atomic E-state index is 12.8. The molecule has 27 heavy (non-hydrogen) atoms. The van der Waals surface area contributed by atoms with E-state index in [4.69, 9.17) is 9.15 Å². The van der Waals surface area contributed by atoms with E-state index in [-0.39, 0.29) is 11.5 Å². The Morgan fingerprint density at radius 3 is 2.59 bits per heavy atom. The van der Waals surface area contributed by atoms with Gasteiger partial charge in [-0.05, 0) is 55.7 Å². The van der Waals surface area contributed by atoms with E-state index in [0.717, 1.165) is 30.5 Å². The molecule has 1 saturated heterocycles. The fourth-order valence-electron chi connectivity index (χ4n) is 4.67. The number of nitrogens with zero attached hydrogens (tertiary/aromatic N) is 1. The number of hydrogen-bond donors (Lipinski definition) is 0. The molecular weight excluding hydrogens is 342 g/mol. The molecule has 0 spiro atoms. The van der Waals surface area contributed by atoms with Crippen molar-refractivity contribution in [3.05, 3.63) is 40.2 Å². The van der Waals surface area contributed by atoms with Crippen LogP contribution >= 0.6 is 0 Å². The lowest BCUT2D eigenvalue weighted by atomic mass is 9.82. The van der Waals surface area contributed by atoms with Crippen LogP contribution in [0.5, 0.6) is 5.75 Å². The molecule has 3 atom stereocenters. The Hall–Kier alpha value is -2.30. The third kappa shape index (κ3) is 3.60. The van der Waals surface area contributed by atoms with Gasteiger partial charge in [-0.25, -0.2) is 4.79 Å². The summed E-state index contributed by atoms with van der Waals surface area (Å²) in [6.45, 7) is 5.54. The first-order valence-corrected chi connectivity index (χ1v) is 10.1. The predicted molar refractivity (Wildman–Crippen MR) is 104 cm³/mol. The van der Waals surface area contributed by atoms with Crippen LogP contribution in [0.25, 0.3) is 11.0 Å². The number of likely N-dealkylation sites (tertiary alicyclic amines) is 1. The number of fused-ring (bicyclic) bond motifs is 2. The monoisotopic (exact) mass is 369 g/mol. The minimum absolute atomic E-state index is 0.0493. The number of aryl methyl sites for hydroxylation is 1. The van der Waals surface area contributed by atoms with Crippen molar-refractivity contribution < 1.29 is 13.9 Å². The summed E-state index contributed by atoms with van der Waals surface area (Å²) in [4.78, 5) is 26.5. The Morgan fingerprint density at radius 2 is 1.93 bits per heavy atom. The molecule has 0 N–H and O–H groups in total. The Labute approximate surface area is 159 Å². The number of carbonyl (C=O) groups excluding carboxylic acids is 1. The Kier molecular flexibility index (Phi) is 4.94. The second-order valence-corrected chi connectivity index (χ2v) is 7.91. The van der Waals surface area contributed by atoms with Gasteiger partial charge in [-0.1, -0.05) is 19.8 Å². The highest BCUT2D eigenvalue weighted by molar-refractivity contribution is 5.83. The number of carbonyl (C=O) groups is 1. The minimum atomic E-state index is -0.552. The topological polar surface area (TPSA) is 59.8 Å². The average molecular weight is 369 g/mol. The van der Waals surface area contributed by atoms with Crippen LogP contribution in [-0.2, 0) is 11.2 Å². The molecule has 0 bridgehead atoms. The van der Waals surface area contributed by atoms with Crippen LogP contribution in [0.1, 0.15) is 45.1 Å². The van der Waals surface area contributed by atoms with Crippen molar-refractivity contribution in [1.29, 1.82) is 0 Å². The predicted octanol–water partition coefficient (Wildman–Crippen LogP) is 3.77. The Balaban J connectivity index is 1.48. The molecule has 2 fully saturated rings. The minimum Gasteiger partial charge on any atom is -0.481 e. The average Bonchev–Trinajstić information content (AvgIpc) is 3.10. The van der Waals surface area contributed by atoms with Gasteiger partial charge in [0.05, 0.1) is 0 Å². The molecule has 1 aromatic heterocycles. The SMILES string of the molecule is CCc1cc(=O)oc2cc(OC(C)C(=O)N3C[C@H]4CCCC[C@H]4C3)ccc12. The molecule has 1 aromatic carbocycles. The number of hydrogen-bond acceptors (Lipinski definition) is 4. The van der Waals surface area contributed by atoms with Gasteiger partial charge in [-0.2, -0.15) is 0 Å². The molecule has 0 radical (unpaired) electrons. The summed E-state index contributed by atoms with van der Waals surface area (Å²) in [5.74, 6) is 1.93. The molecule has 1 unspecified atom stereocenters. The van der Waals surface area contributed by atoms with Gasteiger partial charge < -0.3 is 14.1 Å². The lowest BCUT2D eigenvalue weighted by molar-refractivity contribution is -0.137. The maximum Gasteiger partial charge on any atom is 0.336 e. The number of rotatable bonds is 4. The van der Waals surface area contributed by atoms with Crippen LogP contribution in [0.15, 0.2) is 33.5 Å². The van der Waals surface area contributed by atoms with Gasteiger partial charge in [0, 0.05) is 30.6 Å². The van der Waals surface area contributed by atoms with E-state index in [9.17, 15) is 9.59 Å². The molecular formula is C22H27NO4. The Morgan fingerprint density at radius 1 is 1.22 bits per heavy atom. The zero-order valence-electron chi connectivity index (χ0n) is 16.1. The first-order chi connectivity index (χ1) is 13.0. The lowest BCUT2D eigenvalue weighted by Crippen LogP contribution is -2.39. The van der Waals surface area contributed by atoms with Crippen molar-refractivity contribution in [2.45, 2.75) is 52.1 Å². The van der Waals surface area contributed by atoms with Crippen molar-refractivity contribution in [2.24, 2.45) is 11.8 Å². The van der Waals surface area contributed by atoms with Gasteiger partial charge in [-0.15, -0.1) is 0 Å². The fourth-order valence-corrected chi connectivity index (χ4v) is 4.67. The van der Waals surface area contributed by atoms with E-state index < -0.39 is 6.10 Å². The molecule has 1 amide bonds. The molecule has 1 aliphatic heterocycles. The molecule has 5 nitrogen and oxygen atoms in total. The molecule has 144 valence electrons. The summed E-state index contributed by atoms with van der Waals surface area (Å²) < 4.78 is 11.2. The molecule has 5 heteroatoms. The molecule has 4 rings (SSSR count). The standard InChI is InChI=1S/C22H27NO4/c1-3-15-10-21(24)27-20-11-18(8-9-19(15)20)26-14(2)22(25)23-12-16-6-4-5-7-17(16)13-23/h8-11,14,16-17H,3-7,12-13H2,1-2H3/t14?,16-,17+. The van der Waals surface area contributed by atoms with E-state index in [1.54, 1.807) is 13.0 Å². The van der Waals surface area contributed by atoms with Gasteiger partial charge in [0.25, 0.3) is 5.91 Å². The molecule has 2 heterocycles. The first kappa shape index (κ1) is 18.1. The summed E-state index contributed by atoms with van der Waals surface area (Å²) >= 11 is 0. The zero-order valence-corrected chi connectivity index (χ0v) is 16.1. The fraction of sp³-hybridized carbons (Fsp3) is 0.545. The Bertz CT molecular complexity index is 889. The first-order valence-electron chi connectivity index (χ1n) is 10.1. The highest BCUT2D eigenvalue weighted by Crippen LogP contribution is 2.36.